The molecule has 0 aliphatic carbocycles. The Hall–Kier alpha value is -3.35. The monoisotopic (exact) mass is 396 g/mol. The third-order valence-corrected chi connectivity index (χ3v) is 4.54. The van der Waals surface area contributed by atoms with Gasteiger partial charge in [0.05, 0.1) is 32.4 Å². The molecule has 7 nitrogen and oxygen atoms in total. The number of hydrogen-bond donors (Lipinski definition) is 0. The second kappa shape index (κ2) is 8.34. The average molecular weight is 396 g/mol. The molecule has 0 saturated heterocycles. The van der Waals surface area contributed by atoms with Crippen molar-refractivity contribution in [2.45, 2.75) is 20.4 Å². The Morgan fingerprint density at radius 2 is 1.66 bits per heavy atom. The SMILES string of the molecule is COc1cc(C(=O)c2nc3ccccc3n(CC(C)C)c2=O)cc(OC)c1OC. The van der Waals surface area contributed by atoms with Crippen molar-refractivity contribution < 1.29 is 19.0 Å². The minimum Gasteiger partial charge on any atom is -0.493 e. The molecule has 0 unspecified atom stereocenters. The molecule has 0 aliphatic rings. The number of ether oxygens (including phenoxy) is 3. The quantitative estimate of drug-likeness (QED) is 0.570. The first kappa shape index (κ1) is 20.4. The standard InChI is InChI=1S/C22H24N2O5/c1-13(2)12-24-16-9-7-6-8-15(16)23-19(22(24)26)20(25)14-10-17(27-3)21(29-5)18(11-14)28-4/h6-11,13H,12H2,1-5H3. The van der Waals surface area contributed by atoms with Crippen molar-refractivity contribution in [3.05, 3.63) is 58.0 Å². The van der Waals surface area contributed by atoms with Gasteiger partial charge >= 0.3 is 0 Å². The van der Waals surface area contributed by atoms with Gasteiger partial charge in [-0.15, -0.1) is 0 Å². The number of aromatic nitrogens is 2. The molecule has 0 amide bonds. The predicted octanol–water partition coefficient (Wildman–Crippen LogP) is 3.31. The van der Waals surface area contributed by atoms with Crippen molar-refractivity contribution in [2.75, 3.05) is 21.3 Å². The molecule has 0 atom stereocenters. The number of ketones is 1. The van der Waals surface area contributed by atoms with Gasteiger partial charge in [0, 0.05) is 12.1 Å². The lowest BCUT2D eigenvalue weighted by molar-refractivity contribution is 0.103. The van der Waals surface area contributed by atoms with Crippen molar-refractivity contribution in [3.8, 4) is 17.2 Å². The maximum Gasteiger partial charge on any atom is 0.281 e. The Labute approximate surface area is 168 Å². The first-order valence-electron chi connectivity index (χ1n) is 9.25. The van der Waals surface area contributed by atoms with E-state index in [2.05, 4.69) is 4.98 Å². The van der Waals surface area contributed by atoms with Crippen molar-refractivity contribution in [2.24, 2.45) is 5.92 Å². The zero-order chi connectivity index (χ0) is 21.1. The van der Waals surface area contributed by atoms with E-state index in [1.54, 1.807) is 10.6 Å². The van der Waals surface area contributed by atoms with E-state index in [-0.39, 0.29) is 17.2 Å². The number of hydrogen-bond acceptors (Lipinski definition) is 6. The number of methoxy groups -OCH3 is 3. The lowest BCUT2D eigenvalue weighted by atomic mass is 10.1. The summed E-state index contributed by atoms with van der Waals surface area (Å²) >= 11 is 0. The summed E-state index contributed by atoms with van der Waals surface area (Å²) in [6.07, 6.45) is 0. The molecular weight excluding hydrogens is 372 g/mol. The van der Waals surface area contributed by atoms with Gasteiger partial charge in [-0.3, -0.25) is 9.59 Å². The first-order valence-corrected chi connectivity index (χ1v) is 9.25. The zero-order valence-electron chi connectivity index (χ0n) is 17.2. The van der Waals surface area contributed by atoms with Gasteiger partial charge < -0.3 is 18.8 Å². The van der Waals surface area contributed by atoms with Gasteiger partial charge in [0.25, 0.3) is 5.56 Å². The van der Waals surface area contributed by atoms with Crippen molar-refractivity contribution in [1.82, 2.24) is 9.55 Å². The molecule has 7 heteroatoms. The minimum absolute atomic E-state index is 0.140. The number of benzene rings is 2. The maximum atomic E-state index is 13.3. The third kappa shape index (κ3) is 3.81. The highest BCUT2D eigenvalue weighted by molar-refractivity contribution is 6.09. The number of carbonyl (C=O) groups is 1. The van der Waals surface area contributed by atoms with E-state index in [0.29, 0.717) is 34.8 Å². The molecule has 0 aliphatic heterocycles. The highest BCUT2D eigenvalue weighted by Crippen LogP contribution is 2.38. The van der Waals surface area contributed by atoms with Gasteiger partial charge in [0.15, 0.2) is 17.2 Å². The number of fused-ring (bicyclic) bond motifs is 1. The van der Waals surface area contributed by atoms with Crippen LogP contribution < -0.4 is 19.8 Å². The summed E-state index contributed by atoms with van der Waals surface area (Å²) in [6, 6.07) is 10.3. The second-order valence-electron chi connectivity index (χ2n) is 7.00. The molecule has 1 heterocycles. The summed E-state index contributed by atoms with van der Waals surface area (Å²) in [5.74, 6) is 0.757. The summed E-state index contributed by atoms with van der Waals surface area (Å²) in [6.45, 7) is 4.52. The van der Waals surface area contributed by atoms with E-state index < -0.39 is 11.3 Å². The van der Waals surface area contributed by atoms with E-state index in [4.69, 9.17) is 14.2 Å². The topological polar surface area (TPSA) is 79.7 Å². The molecule has 1 aromatic heterocycles. The number of carbonyl (C=O) groups excluding carboxylic acids is 1. The van der Waals surface area contributed by atoms with E-state index >= 15 is 0 Å². The van der Waals surface area contributed by atoms with Gasteiger partial charge in [-0.05, 0) is 30.2 Å². The maximum absolute atomic E-state index is 13.3. The van der Waals surface area contributed by atoms with Crippen molar-refractivity contribution in [1.29, 1.82) is 0 Å². The van der Waals surface area contributed by atoms with E-state index in [0.717, 1.165) is 0 Å². The summed E-state index contributed by atoms with van der Waals surface area (Å²) in [5, 5.41) is 0. The van der Waals surface area contributed by atoms with Crippen LogP contribution in [0.15, 0.2) is 41.2 Å². The molecule has 152 valence electrons. The van der Waals surface area contributed by atoms with Crippen LogP contribution in [-0.2, 0) is 6.54 Å². The number of para-hydroxylation sites is 2. The zero-order valence-corrected chi connectivity index (χ0v) is 17.2. The molecule has 3 rings (SSSR count). The number of nitrogens with zero attached hydrogens (tertiary/aromatic N) is 2. The highest BCUT2D eigenvalue weighted by atomic mass is 16.5. The van der Waals surface area contributed by atoms with Crippen LogP contribution in [0, 0.1) is 5.92 Å². The van der Waals surface area contributed by atoms with Crippen LogP contribution in [0.4, 0.5) is 0 Å². The van der Waals surface area contributed by atoms with Crippen molar-refractivity contribution >= 4 is 16.8 Å². The Bertz CT molecular complexity index is 1090. The lowest BCUT2D eigenvalue weighted by Gasteiger charge is -2.15. The lowest BCUT2D eigenvalue weighted by Crippen LogP contribution is -2.30. The van der Waals surface area contributed by atoms with Crippen molar-refractivity contribution in [3.63, 3.8) is 0 Å². The summed E-state index contributed by atoms with van der Waals surface area (Å²) in [5.41, 5.74) is 0.960. The van der Waals surface area contributed by atoms with Gasteiger partial charge in [0.1, 0.15) is 0 Å². The smallest absolute Gasteiger partial charge is 0.281 e. The number of rotatable bonds is 7. The highest BCUT2D eigenvalue weighted by Gasteiger charge is 2.23. The molecule has 0 radical (unpaired) electrons. The molecule has 0 spiro atoms. The van der Waals surface area contributed by atoms with Crippen LogP contribution in [0.3, 0.4) is 0 Å². The predicted molar refractivity (Wildman–Crippen MR) is 110 cm³/mol. The van der Waals surface area contributed by atoms with Gasteiger partial charge in [-0.2, -0.15) is 0 Å². The molecular formula is C22H24N2O5. The Balaban J connectivity index is 2.22. The van der Waals surface area contributed by atoms with E-state index in [1.165, 1.54) is 33.5 Å². The van der Waals surface area contributed by atoms with Crippen LogP contribution in [0.25, 0.3) is 11.0 Å². The Morgan fingerprint density at radius 1 is 1.03 bits per heavy atom. The molecule has 0 saturated carbocycles. The summed E-state index contributed by atoms with van der Waals surface area (Å²) in [4.78, 5) is 30.8. The fourth-order valence-electron chi connectivity index (χ4n) is 3.24. The fraction of sp³-hybridized carbons (Fsp3) is 0.318. The van der Waals surface area contributed by atoms with Crippen LogP contribution in [0.5, 0.6) is 17.2 Å². The molecule has 29 heavy (non-hydrogen) atoms. The third-order valence-electron chi connectivity index (χ3n) is 4.54. The fourth-order valence-corrected chi connectivity index (χ4v) is 3.24. The average Bonchev–Trinajstić information content (AvgIpc) is 2.73. The molecule has 3 aromatic rings. The molecule has 2 aromatic carbocycles. The minimum atomic E-state index is -0.502. The molecule has 0 bridgehead atoms. The molecule has 0 fully saturated rings. The van der Waals surface area contributed by atoms with Crippen LogP contribution in [-0.4, -0.2) is 36.7 Å². The summed E-state index contributed by atoms with van der Waals surface area (Å²) in [7, 11) is 4.42. The van der Waals surface area contributed by atoms with Gasteiger partial charge in [-0.25, -0.2) is 4.98 Å². The van der Waals surface area contributed by atoms with Crippen LogP contribution >= 0.6 is 0 Å². The Kier molecular flexibility index (Phi) is 5.87. The van der Waals surface area contributed by atoms with Gasteiger partial charge in [-0.1, -0.05) is 26.0 Å². The van der Waals surface area contributed by atoms with Crippen LogP contribution in [0.2, 0.25) is 0 Å². The summed E-state index contributed by atoms with van der Waals surface area (Å²) < 4.78 is 17.6. The van der Waals surface area contributed by atoms with Gasteiger partial charge in [0.2, 0.25) is 11.5 Å². The van der Waals surface area contributed by atoms with E-state index in [9.17, 15) is 9.59 Å². The molecule has 0 N–H and O–H groups in total. The van der Waals surface area contributed by atoms with Crippen LogP contribution in [0.1, 0.15) is 29.9 Å². The van der Waals surface area contributed by atoms with E-state index in [1.807, 2.05) is 32.0 Å². The first-order chi connectivity index (χ1) is 13.9. The second-order valence-corrected chi connectivity index (χ2v) is 7.00. The Morgan fingerprint density at radius 3 is 2.21 bits per heavy atom. The normalized spacial score (nSPS) is 11.0. The largest absolute Gasteiger partial charge is 0.493 e.